The van der Waals surface area contributed by atoms with Gasteiger partial charge in [0.15, 0.2) is 5.16 Å². The van der Waals surface area contributed by atoms with Crippen LogP contribution in [-0.4, -0.2) is 39.5 Å². The number of hydrogen-bond acceptors (Lipinski definition) is 5. The fourth-order valence-corrected chi connectivity index (χ4v) is 3.13. The molecule has 0 spiro atoms. The predicted octanol–water partition coefficient (Wildman–Crippen LogP) is 5.84. The van der Waals surface area contributed by atoms with Gasteiger partial charge in [-0.2, -0.15) is 4.98 Å². The molecular weight excluding hydrogens is 412 g/mol. The predicted molar refractivity (Wildman–Crippen MR) is 113 cm³/mol. The molecule has 0 aliphatic carbocycles. The summed E-state index contributed by atoms with van der Waals surface area (Å²) in [5.74, 6) is 1.23. The van der Waals surface area contributed by atoms with Gasteiger partial charge in [-0.1, -0.05) is 32.5 Å². The number of aryl methyl sites for hydroxylation is 1. The van der Waals surface area contributed by atoms with Crippen LogP contribution in [0.4, 0.5) is 5.69 Å². The van der Waals surface area contributed by atoms with E-state index in [0.29, 0.717) is 16.8 Å². The molecule has 140 valence electrons. The normalized spacial score (nSPS) is 11.8. The third kappa shape index (κ3) is 6.29. The van der Waals surface area contributed by atoms with Gasteiger partial charge in [-0.25, -0.2) is 9.98 Å². The first-order valence-corrected chi connectivity index (χ1v) is 10.0. The molecule has 0 radical (unpaired) electrons. The highest BCUT2D eigenvalue weighted by atomic mass is 79.9. The molecule has 0 unspecified atom stereocenters. The molecule has 0 aliphatic rings. The molecule has 0 fully saturated rings. The monoisotopic (exact) mass is 436 g/mol. The van der Waals surface area contributed by atoms with Gasteiger partial charge in [0.2, 0.25) is 5.88 Å². The quantitative estimate of drug-likeness (QED) is 0.246. The zero-order valence-corrected chi connectivity index (χ0v) is 18.5. The molecule has 0 bridgehead atoms. The molecule has 1 aromatic heterocycles. The molecular formula is C19H25BrN4OS. The maximum absolute atomic E-state index is 5.97. The van der Waals surface area contributed by atoms with Crippen molar-refractivity contribution in [1.82, 2.24) is 14.9 Å². The van der Waals surface area contributed by atoms with E-state index in [0.717, 1.165) is 22.3 Å². The summed E-state index contributed by atoms with van der Waals surface area (Å²) in [5, 5.41) is 0.701. The first-order chi connectivity index (χ1) is 12.2. The van der Waals surface area contributed by atoms with E-state index in [-0.39, 0.29) is 4.75 Å². The molecule has 0 amide bonds. The summed E-state index contributed by atoms with van der Waals surface area (Å²) in [6.45, 7) is 11.4. The Balaban J connectivity index is 2.21. The number of halogens is 1. The van der Waals surface area contributed by atoms with Crippen LogP contribution in [0.25, 0.3) is 0 Å². The highest BCUT2D eigenvalue weighted by molar-refractivity contribution is 9.10. The lowest BCUT2D eigenvalue weighted by Gasteiger charge is -2.16. The Labute approximate surface area is 168 Å². The average molecular weight is 437 g/mol. The lowest BCUT2D eigenvalue weighted by molar-refractivity contribution is 0.452. The lowest BCUT2D eigenvalue weighted by atomic mass is 10.2. The van der Waals surface area contributed by atoms with E-state index in [2.05, 4.69) is 58.6 Å². The third-order valence-electron chi connectivity index (χ3n) is 3.36. The van der Waals surface area contributed by atoms with Crippen molar-refractivity contribution in [2.75, 3.05) is 13.6 Å². The van der Waals surface area contributed by atoms with Crippen LogP contribution in [0.2, 0.25) is 0 Å². The van der Waals surface area contributed by atoms with Gasteiger partial charge in [0.25, 0.3) is 0 Å². The molecule has 2 rings (SSSR count). The summed E-state index contributed by atoms with van der Waals surface area (Å²) in [7, 11) is 1.99. The van der Waals surface area contributed by atoms with Gasteiger partial charge in [0, 0.05) is 30.6 Å². The number of thioether (sulfide) groups is 1. The third-order valence-corrected chi connectivity index (χ3v) is 4.97. The summed E-state index contributed by atoms with van der Waals surface area (Å²) < 4.78 is 6.85. The second-order valence-corrected chi connectivity index (χ2v) is 9.53. The molecule has 0 atom stereocenters. The zero-order chi connectivity index (χ0) is 19.3. The Morgan fingerprint density at radius 1 is 1.35 bits per heavy atom. The standard InChI is InChI=1S/C19H25BrN4OS/c1-7-24(6)12-22-15-11-14(20)16(10-13(15)2)25-17-8-9-21-18(23-17)26-19(3,4)5/h8-12H,7H2,1-6H3. The number of benzene rings is 1. The van der Waals surface area contributed by atoms with Crippen molar-refractivity contribution < 1.29 is 4.74 Å². The topological polar surface area (TPSA) is 50.6 Å². The number of ether oxygens (including phenoxy) is 1. The van der Waals surface area contributed by atoms with Crippen LogP contribution in [0, 0.1) is 6.92 Å². The average Bonchev–Trinajstić information content (AvgIpc) is 2.55. The van der Waals surface area contributed by atoms with Crippen LogP contribution >= 0.6 is 27.7 Å². The highest BCUT2D eigenvalue weighted by Gasteiger charge is 2.15. The van der Waals surface area contributed by atoms with E-state index < -0.39 is 0 Å². The summed E-state index contributed by atoms with van der Waals surface area (Å²) in [6, 6.07) is 5.68. The van der Waals surface area contributed by atoms with Crippen LogP contribution in [-0.2, 0) is 0 Å². The Bertz CT molecular complexity index is 790. The van der Waals surface area contributed by atoms with Crippen LogP contribution < -0.4 is 4.74 Å². The van der Waals surface area contributed by atoms with E-state index in [1.165, 1.54) is 0 Å². The minimum absolute atomic E-state index is 0.0428. The molecule has 26 heavy (non-hydrogen) atoms. The molecule has 2 aromatic rings. The molecule has 0 saturated carbocycles. The van der Waals surface area contributed by atoms with Crippen molar-refractivity contribution in [3.63, 3.8) is 0 Å². The number of hydrogen-bond donors (Lipinski definition) is 0. The van der Waals surface area contributed by atoms with E-state index in [1.54, 1.807) is 24.0 Å². The van der Waals surface area contributed by atoms with E-state index in [1.807, 2.05) is 37.3 Å². The molecule has 1 heterocycles. The van der Waals surface area contributed by atoms with E-state index >= 15 is 0 Å². The van der Waals surface area contributed by atoms with Crippen molar-refractivity contribution in [2.24, 2.45) is 4.99 Å². The Hall–Kier alpha value is -1.60. The van der Waals surface area contributed by atoms with Gasteiger partial charge in [0.05, 0.1) is 16.5 Å². The molecule has 0 N–H and O–H groups in total. The van der Waals surface area contributed by atoms with Crippen molar-refractivity contribution in [3.8, 4) is 11.6 Å². The number of rotatable bonds is 6. The van der Waals surface area contributed by atoms with Gasteiger partial charge < -0.3 is 9.64 Å². The molecule has 1 aromatic carbocycles. The Morgan fingerprint density at radius 2 is 2.08 bits per heavy atom. The van der Waals surface area contributed by atoms with Gasteiger partial charge in [-0.05, 0) is 47.5 Å². The lowest BCUT2D eigenvalue weighted by Crippen LogP contribution is -2.14. The molecule has 5 nitrogen and oxygen atoms in total. The summed E-state index contributed by atoms with van der Waals surface area (Å²) in [5.41, 5.74) is 1.93. The molecule has 0 saturated heterocycles. The van der Waals surface area contributed by atoms with Gasteiger partial charge in [0.1, 0.15) is 5.75 Å². The van der Waals surface area contributed by atoms with Crippen molar-refractivity contribution in [1.29, 1.82) is 0 Å². The SMILES string of the molecule is CCN(C)C=Nc1cc(Br)c(Oc2ccnc(SC(C)(C)C)n2)cc1C. The van der Waals surface area contributed by atoms with Crippen LogP contribution in [0.3, 0.4) is 0 Å². The van der Waals surface area contributed by atoms with E-state index in [9.17, 15) is 0 Å². The first kappa shape index (κ1) is 20.7. The largest absolute Gasteiger partial charge is 0.438 e. The van der Waals surface area contributed by atoms with Gasteiger partial charge in [-0.15, -0.1) is 0 Å². The maximum atomic E-state index is 5.97. The fourth-order valence-electron chi connectivity index (χ4n) is 1.92. The summed E-state index contributed by atoms with van der Waals surface area (Å²) in [6.07, 6.45) is 3.55. The second kappa shape index (κ2) is 8.86. The van der Waals surface area contributed by atoms with E-state index in [4.69, 9.17) is 4.74 Å². The Morgan fingerprint density at radius 3 is 2.73 bits per heavy atom. The smallest absolute Gasteiger partial charge is 0.223 e. The van der Waals surface area contributed by atoms with Crippen molar-refractivity contribution in [3.05, 3.63) is 34.4 Å². The number of nitrogens with zero attached hydrogens (tertiary/aromatic N) is 4. The minimum Gasteiger partial charge on any atom is -0.438 e. The molecule has 7 heteroatoms. The number of aromatic nitrogens is 2. The fraction of sp³-hybridized carbons (Fsp3) is 0.421. The van der Waals surface area contributed by atoms with Crippen LogP contribution in [0.15, 0.2) is 39.0 Å². The van der Waals surface area contributed by atoms with Crippen molar-refractivity contribution in [2.45, 2.75) is 44.5 Å². The zero-order valence-electron chi connectivity index (χ0n) is 16.1. The first-order valence-electron chi connectivity index (χ1n) is 8.42. The second-order valence-electron chi connectivity index (χ2n) is 6.88. The molecule has 0 aliphatic heterocycles. The number of aliphatic imine (C=N–C) groups is 1. The van der Waals surface area contributed by atoms with Gasteiger partial charge in [-0.3, -0.25) is 0 Å². The van der Waals surface area contributed by atoms with Crippen LogP contribution in [0.5, 0.6) is 11.6 Å². The van der Waals surface area contributed by atoms with Crippen LogP contribution in [0.1, 0.15) is 33.3 Å². The van der Waals surface area contributed by atoms with Gasteiger partial charge >= 0.3 is 0 Å². The van der Waals surface area contributed by atoms with Crippen molar-refractivity contribution >= 4 is 39.7 Å². The summed E-state index contributed by atoms with van der Waals surface area (Å²) in [4.78, 5) is 15.3. The maximum Gasteiger partial charge on any atom is 0.223 e. The minimum atomic E-state index is 0.0428. The summed E-state index contributed by atoms with van der Waals surface area (Å²) >= 11 is 5.18. The Kier molecular flexibility index (Phi) is 7.06. The highest BCUT2D eigenvalue weighted by Crippen LogP contribution is 2.36.